The fourth-order valence-corrected chi connectivity index (χ4v) is 13.1. The van der Waals surface area contributed by atoms with E-state index in [1.165, 1.54) is 34.8 Å². The van der Waals surface area contributed by atoms with E-state index in [1.807, 2.05) is 113 Å². The molecule has 5 aliphatic rings. The van der Waals surface area contributed by atoms with Crippen LogP contribution in [0.4, 0.5) is 0 Å². The van der Waals surface area contributed by atoms with Crippen LogP contribution in [0.3, 0.4) is 0 Å². The Morgan fingerprint density at radius 3 is 1.10 bits per heavy atom. The van der Waals surface area contributed by atoms with Gasteiger partial charge in [-0.2, -0.15) is 4.98 Å². The molecule has 35 nitrogen and oxygen atoms in total. The summed E-state index contributed by atoms with van der Waals surface area (Å²) in [6, 6.07) is 26.0. The molecule has 4 fully saturated rings. The number of halogens is 1. The van der Waals surface area contributed by atoms with Gasteiger partial charge in [0.05, 0.1) is 90.0 Å². The fourth-order valence-electron chi connectivity index (χ4n) is 12.7. The third-order valence-corrected chi connectivity index (χ3v) is 20.7. The van der Waals surface area contributed by atoms with Crippen molar-refractivity contribution in [3.8, 4) is 17.5 Å². The van der Waals surface area contributed by atoms with Gasteiger partial charge in [0.2, 0.25) is 0 Å². The molecule has 0 saturated carbocycles. The lowest BCUT2D eigenvalue weighted by Crippen LogP contribution is -2.41. The number of nitrogens with one attached hydrogen (secondary N) is 3. The van der Waals surface area contributed by atoms with Gasteiger partial charge in [0.1, 0.15) is 65.2 Å². The Labute approximate surface area is 675 Å². The van der Waals surface area contributed by atoms with E-state index in [0.717, 1.165) is 39.2 Å². The van der Waals surface area contributed by atoms with Gasteiger partial charge in [0.15, 0.2) is 31.0 Å². The molecule has 0 amide bonds. The maximum Gasteiger partial charge on any atom is 0.330 e. The number of ether oxygens (including phenoxy) is 14. The smallest absolute Gasteiger partial charge is 0.330 e. The van der Waals surface area contributed by atoms with Crippen molar-refractivity contribution in [3.63, 3.8) is 0 Å². The van der Waals surface area contributed by atoms with Crippen LogP contribution in [0.2, 0.25) is 0 Å². The maximum absolute atomic E-state index is 12.1. The highest BCUT2D eigenvalue weighted by molar-refractivity contribution is 6.28. The molecule has 0 bridgehead atoms. The normalized spacial score (nSPS) is 25.3. The third kappa shape index (κ3) is 23.3. The van der Waals surface area contributed by atoms with Crippen LogP contribution in [-0.2, 0) is 57.0 Å². The van der Waals surface area contributed by atoms with Crippen LogP contribution in [0.25, 0.3) is 0 Å². The van der Waals surface area contributed by atoms with E-state index >= 15 is 0 Å². The number of H-pyrrole nitrogens is 3. The van der Waals surface area contributed by atoms with Gasteiger partial charge in [0, 0.05) is 75.5 Å². The van der Waals surface area contributed by atoms with E-state index in [-0.39, 0.29) is 74.7 Å². The fraction of sp³-hybridized carbons (Fsp3) is 0.575. The summed E-state index contributed by atoms with van der Waals surface area (Å²) in [4.78, 5) is 91.8. The molecule has 7 aromatic rings. The van der Waals surface area contributed by atoms with Crippen molar-refractivity contribution in [2.45, 2.75) is 223 Å². The molecule has 5 aliphatic heterocycles. The highest BCUT2D eigenvalue weighted by Gasteiger charge is 2.52. The minimum absolute atomic E-state index is 0.00926. The Bertz CT molecular complexity index is 4320. The molecule has 20 atom stereocenters. The van der Waals surface area contributed by atoms with Crippen molar-refractivity contribution in [2.75, 3.05) is 75.7 Å². The van der Waals surface area contributed by atoms with Gasteiger partial charge < -0.3 is 97.0 Å². The number of alkyl halides is 1. The molecular formula is C80H113ClN8O27. The Kier molecular flexibility index (Phi) is 36.3. The number of fused-ring (bicyclic) bond motifs is 3. The van der Waals surface area contributed by atoms with E-state index in [4.69, 9.17) is 78.3 Å². The van der Waals surface area contributed by atoms with Gasteiger partial charge >= 0.3 is 23.1 Å². The molecular weight excluding hydrogens is 1540 g/mol. The number of nitrogens with zero attached hydrogens (tertiary/aromatic N) is 5. The monoisotopic (exact) mass is 1650 g/mol. The number of benzene rings is 3. The molecule has 0 spiro atoms. The predicted molar refractivity (Wildman–Crippen MR) is 424 cm³/mol. The topological polar surface area (TPSA) is 450 Å². The first-order valence-corrected chi connectivity index (χ1v) is 38.4. The highest BCUT2D eigenvalue weighted by atomic mass is 35.5. The number of aliphatic hydroxyl groups is 6. The molecule has 642 valence electrons. The predicted octanol–water partition coefficient (Wildman–Crippen LogP) is 3.61. The number of aliphatic hydroxyl groups excluding tert-OH is 6. The zero-order valence-electron chi connectivity index (χ0n) is 68.4. The summed E-state index contributed by atoms with van der Waals surface area (Å²) in [7, 11) is 9.54. The van der Waals surface area contributed by atoms with E-state index in [2.05, 4.69) is 24.7 Å². The van der Waals surface area contributed by atoms with E-state index in [9.17, 15) is 59.1 Å². The molecule has 9 N–H and O–H groups in total. The molecule has 12 rings (SSSR count). The van der Waals surface area contributed by atoms with Crippen molar-refractivity contribution in [2.24, 2.45) is 0 Å². The van der Waals surface area contributed by atoms with E-state index < -0.39 is 131 Å². The van der Waals surface area contributed by atoms with Gasteiger partial charge in [-0.15, -0.1) is 11.6 Å². The van der Waals surface area contributed by atoms with E-state index in [0.29, 0.717) is 35.1 Å². The Hall–Kier alpha value is -8.41. The molecule has 0 aliphatic carbocycles. The van der Waals surface area contributed by atoms with Crippen molar-refractivity contribution < 1.29 is 97.0 Å². The minimum Gasteiger partial charge on any atom is -0.497 e. The van der Waals surface area contributed by atoms with Crippen LogP contribution in [0, 0.1) is 27.7 Å². The van der Waals surface area contributed by atoms with Crippen LogP contribution >= 0.6 is 11.6 Å². The standard InChI is InChI=1S/C21H19ClO2.2C15H24N2O6.C14H22N2O7.C11H14N2O4.C4H10O2/c1-23-19-12-8-17(9-13-19)21(22,16-6-4-3-5-7-16)18-10-14-20(24-2)15-11-18;2*1-5-10-11(18)12(22-7-9(3)21-4)14(23-10)17-6-8(2)13(19)16-15(17)20;1-7-4-16(14(20)15-12(7)19)13-11(22-6-8(2)21-3)10(18)9(5-17)23-13;1-3-6-7(14)8-10(16-6)13-4-5(2)9(15)12-11(13)17-8;1-4(3-5)6-2/h3-15H,1-2H3;2*6,9-12,14,18H,5,7H2,1-4H3,(H,16,19,20);4,8-11,13,17-18H,5-6H2,1-3H3,(H,15,19,20);4,6-8,10,14H,3H2,1-2H3;4-5H,3H2,1-2H3/t;2*9?,10-,11?,12+,14-;8?,9-,10?,11+,13-;6-,7?,8-,10-;/m.1111./s1. The SMILES string of the molecule is CC[C@H]1O[C@@H](n2cc(C)c(=O)[nH]c2=O)[C@@H](OCC(C)OC)C1O.CC[C@H]1O[C@@H](n2cc(C)c(=O)[nH]c2=O)[C@@H](OCC(C)OC)C1O.CC[C@H]1O[C@@H]2[C@H](Oc3nc(=O)c(C)cn32)C1O.COC(C)CO.COC(C)CO[C@H]1C(O)[C@@H](CO)O[C@H]1n1cc(C)c(=O)[nH]c1=O.COc1ccc(C(Cl)(c2ccccc2)c2ccc(OC)cc2)cc1. The minimum atomic E-state index is -1.12. The van der Waals surface area contributed by atoms with Crippen molar-refractivity contribution in [1.82, 2.24) is 38.2 Å². The summed E-state index contributed by atoms with van der Waals surface area (Å²) in [5, 5.41) is 58.6. The number of hydrogen-bond donors (Lipinski definition) is 9. The lowest BCUT2D eigenvalue weighted by atomic mass is 9.84. The third-order valence-electron chi connectivity index (χ3n) is 20.1. The molecule has 36 heteroatoms. The molecule has 9 heterocycles. The first-order chi connectivity index (χ1) is 55.3. The average molecular weight is 1650 g/mol. The van der Waals surface area contributed by atoms with Crippen LogP contribution in [-0.4, -0.2) is 242 Å². The Balaban J connectivity index is 0.000000197. The summed E-state index contributed by atoms with van der Waals surface area (Å²) in [6.07, 6.45) is -4.07. The van der Waals surface area contributed by atoms with Gasteiger partial charge in [-0.05, 0) is 116 Å². The van der Waals surface area contributed by atoms with Gasteiger partial charge in [-0.3, -0.25) is 52.4 Å². The quantitative estimate of drug-likeness (QED) is 0.0276. The van der Waals surface area contributed by atoms with Crippen LogP contribution in [0.15, 0.2) is 137 Å². The van der Waals surface area contributed by atoms with Gasteiger partial charge in [0.25, 0.3) is 22.2 Å². The molecule has 3 aromatic carbocycles. The average Bonchev–Trinajstić information content (AvgIpc) is 1.46. The Morgan fingerprint density at radius 2 is 0.776 bits per heavy atom. The summed E-state index contributed by atoms with van der Waals surface area (Å²) < 4.78 is 81.3. The number of methoxy groups -OCH3 is 6. The summed E-state index contributed by atoms with van der Waals surface area (Å²) in [5.41, 5.74) is 1.06. The zero-order chi connectivity index (χ0) is 85.6. The van der Waals surface area contributed by atoms with Gasteiger partial charge in [-0.1, -0.05) is 75.4 Å². The number of aromatic amines is 3. The molecule has 116 heavy (non-hydrogen) atoms. The molecule has 0 radical (unpaired) electrons. The largest absolute Gasteiger partial charge is 0.497 e. The number of rotatable bonds is 26. The molecule has 4 aromatic heterocycles. The maximum atomic E-state index is 12.1. The van der Waals surface area contributed by atoms with Crippen molar-refractivity contribution in [1.29, 1.82) is 0 Å². The zero-order valence-corrected chi connectivity index (χ0v) is 69.1. The van der Waals surface area contributed by atoms with Crippen LogP contribution < -0.4 is 53.5 Å². The number of aryl methyl sites for hydroxylation is 4. The first-order valence-electron chi connectivity index (χ1n) is 38.0. The van der Waals surface area contributed by atoms with Crippen LogP contribution in [0.1, 0.15) is 132 Å². The molecule has 8 unspecified atom stereocenters. The Morgan fingerprint density at radius 1 is 0.448 bits per heavy atom. The van der Waals surface area contributed by atoms with Crippen molar-refractivity contribution >= 4 is 11.6 Å². The first kappa shape index (κ1) is 94.7. The number of hydrogen-bond acceptors (Lipinski definition) is 28. The summed E-state index contributed by atoms with van der Waals surface area (Å²) in [5.74, 6) is 1.61. The second-order valence-corrected chi connectivity index (χ2v) is 28.9. The van der Waals surface area contributed by atoms with Crippen LogP contribution in [0.5, 0.6) is 17.5 Å². The number of aromatic nitrogens is 8. The molecule has 4 saturated heterocycles. The van der Waals surface area contributed by atoms with E-state index in [1.54, 1.807) is 87.9 Å². The summed E-state index contributed by atoms with van der Waals surface area (Å²) in [6.45, 7) is 19.8. The summed E-state index contributed by atoms with van der Waals surface area (Å²) >= 11 is 7.22. The lowest BCUT2D eigenvalue weighted by molar-refractivity contribution is -0.0943. The second kappa shape index (κ2) is 44.4. The second-order valence-electron chi connectivity index (χ2n) is 28.3. The highest BCUT2D eigenvalue weighted by Crippen LogP contribution is 2.45. The van der Waals surface area contributed by atoms with Crippen molar-refractivity contribution in [3.05, 3.63) is 215 Å². The van der Waals surface area contributed by atoms with Gasteiger partial charge in [-0.25, -0.2) is 14.4 Å². The lowest BCUT2D eigenvalue weighted by Gasteiger charge is -2.29.